The second-order valence-corrected chi connectivity index (χ2v) is 5.38. The number of hydrogen-bond donors (Lipinski definition) is 1. The van der Waals surface area contributed by atoms with Gasteiger partial charge < -0.3 is 10.2 Å². The highest BCUT2D eigenvalue weighted by atomic mass is 19.1. The predicted molar refractivity (Wildman–Crippen MR) is 84.2 cm³/mol. The summed E-state index contributed by atoms with van der Waals surface area (Å²) in [5, 5.41) is 12.2. The maximum Gasteiger partial charge on any atom is 0.146 e. The number of piperidine rings is 1. The molecule has 0 aliphatic carbocycles. The number of nitrogens with one attached hydrogen (secondary N) is 1. The number of para-hydroxylation sites is 1. The fraction of sp³-hybridized carbons (Fsp3) is 0.294. The number of benzene rings is 1. The fourth-order valence-electron chi connectivity index (χ4n) is 2.71. The Morgan fingerprint density at radius 1 is 1.14 bits per heavy atom. The summed E-state index contributed by atoms with van der Waals surface area (Å²) >= 11 is 0. The Hall–Kier alpha value is -2.61. The van der Waals surface area contributed by atoms with Crippen LogP contribution in [0.3, 0.4) is 0 Å². The van der Waals surface area contributed by atoms with Gasteiger partial charge in [-0.2, -0.15) is 5.26 Å². The standard InChI is InChI=1S/C17H17FN4/c18-15-5-1-2-6-16(15)20-13-8-10-22(11-9-13)17-7-3-4-14(12-19)21-17/h1-7,13,20H,8-11H2. The topological polar surface area (TPSA) is 52.0 Å². The molecule has 1 aliphatic heterocycles. The third-order valence-electron chi connectivity index (χ3n) is 3.90. The van der Waals surface area contributed by atoms with E-state index in [2.05, 4.69) is 21.3 Å². The molecule has 1 aliphatic rings. The van der Waals surface area contributed by atoms with E-state index in [1.54, 1.807) is 18.2 Å². The van der Waals surface area contributed by atoms with E-state index >= 15 is 0 Å². The Kier molecular flexibility index (Phi) is 4.19. The molecule has 0 unspecified atom stereocenters. The molecule has 0 radical (unpaired) electrons. The van der Waals surface area contributed by atoms with Crippen LogP contribution in [0.5, 0.6) is 0 Å². The lowest BCUT2D eigenvalue weighted by Gasteiger charge is -2.33. The fourth-order valence-corrected chi connectivity index (χ4v) is 2.71. The summed E-state index contributed by atoms with van der Waals surface area (Å²) in [5.41, 5.74) is 0.995. The Morgan fingerprint density at radius 3 is 2.64 bits per heavy atom. The average Bonchev–Trinajstić information content (AvgIpc) is 2.58. The zero-order chi connectivity index (χ0) is 15.4. The molecule has 1 saturated heterocycles. The van der Waals surface area contributed by atoms with Crippen LogP contribution in [0, 0.1) is 17.1 Å². The number of anilines is 2. The normalized spacial score (nSPS) is 15.4. The number of rotatable bonds is 3. The summed E-state index contributed by atoms with van der Waals surface area (Å²) in [6, 6.07) is 14.6. The highest BCUT2D eigenvalue weighted by Crippen LogP contribution is 2.22. The van der Waals surface area contributed by atoms with Gasteiger partial charge in [-0.25, -0.2) is 9.37 Å². The molecule has 0 bridgehead atoms. The summed E-state index contributed by atoms with van der Waals surface area (Å²) in [4.78, 5) is 6.49. The van der Waals surface area contributed by atoms with Crippen molar-refractivity contribution in [3.8, 4) is 6.07 Å². The van der Waals surface area contributed by atoms with Crippen molar-refractivity contribution in [2.24, 2.45) is 0 Å². The van der Waals surface area contributed by atoms with E-state index in [1.165, 1.54) is 6.07 Å². The molecule has 0 atom stereocenters. The highest BCUT2D eigenvalue weighted by molar-refractivity contribution is 5.46. The van der Waals surface area contributed by atoms with Crippen LogP contribution in [0.15, 0.2) is 42.5 Å². The van der Waals surface area contributed by atoms with E-state index in [4.69, 9.17) is 5.26 Å². The van der Waals surface area contributed by atoms with E-state index in [9.17, 15) is 4.39 Å². The van der Waals surface area contributed by atoms with Crippen molar-refractivity contribution in [3.05, 3.63) is 54.0 Å². The molecule has 1 aromatic carbocycles. The van der Waals surface area contributed by atoms with Gasteiger partial charge in [0.25, 0.3) is 0 Å². The highest BCUT2D eigenvalue weighted by Gasteiger charge is 2.20. The van der Waals surface area contributed by atoms with Crippen LogP contribution in [0.4, 0.5) is 15.9 Å². The average molecular weight is 296 g/mol. The molecular formula is C17H17FN4. The quantitative estimate of drug-likeness (QED) is 0.945. The Balaban J connectivity index is 1.61. The van der Waals surface area contributed by atoms with Crippen molar-refractivity contribution in [2.45, 2.75) is 18.9 Å². The van der Waals surface area contributed by atoms with Gasteiger partial charge in [-0.1, -0.05) is 18.2 Å². The van der Waals surface area contributed by atoms with Gasteiger partial charge in [-0.05, 0) is 37.1 Å². The molecule has 112 valence electrons. The smallest absolute Gasteiger partial charge is 0.146 e. The summed E-state index contributed by atoms with van der Waals surface area (Å²) in [6.07, 6.45) is 1.82. The van der Waals surface area contributed by atoms with Gasteiger partial charge >= 0.3 is 0 Å². The van der Waals surface area contributed by atoms with Gasteiger partial charge in [-0.15, -0.1) is 0 Å². The maximum absolute atomic E-state index is 13.7. The Morgan fingerprint density at radius 2 is 1.91 bits per heavy atom. The van der Waals surface area contributed by atoms with Crippen LogP contribution in [0.1, 0.15) is 18.5 Å². The van der Waals surface area contributed by atoms with Gasteiger partial charge in [0.05, 0.1) is 5.69 Å². The van der Waals surface area contributed by atoms with Crippen LogP contribution < -0.4 is 10.2 Å². The first-order valence-electron chi connectivity index (χ1n) is 7.39. The Bertz CT molecular complexity index is 687. The summed E-state index contributed by atoms with van der Waals surface area (Å²) < 4.78 is 13.7. The van der Waals surface area contributed by atoms with Crippen LogP contribution in [-0.4, -0.2) is 24.1 Å². The van der Waals surface area contributed by atoms with Crippen LogP contribution in [0.2, 0.25) is 0 Å². The van der Waals surface area contributed by atoms with Crippen molar-refractivity contribution in [1.82, 2.24) is 4.98 Å². The van der Waals surface area contributed by atoms with Gasteiger partial charge in [0.2, 0.25) is 0 Å². The predicted octanol–water partition coefficient (Wildman–Crippen LogP) is 3.17. The maximum atomic E-state index is 13.7. The molecule has 2 heterocycles. The van der Waals surface area contributed by atoms with Gasteiger partial charge in [-0.3, -0.25) is 0 Å². The number of nitriles is 1. The second-order valence-electron chi connectivity index (χ2n) is 5.38. The van der Waals surface area contributed by atoms with E-state index in [0.717, 1.165) is 31.7 Å². The lowest BCUT2D eigenvalue weighted by Crippen LogP contribution is -2.39. The van der Waals surface area contributed by atoms with E-state index < -0.39 is 0 Å². The minimum absolute atomic E-state index is 0.215. The van der Waals surface area contributed by atoms with Crippen LogP contribution in [0.25, 0.3) is 0 Å². The lowest BCUT2D eigenvalue weighted by atomic mass is 10.0. The number of pyridine rings is 1. The minimum atomic E-state index is -0.215. The zero-order valence-electron chi connectivity index (χ0n) is 12.2. The van der Waals surface area contributed by atoms with Gasteiger partial charge in [0, 0.05) is 19.1 Å². The third kappa shape index (κ3) is 3.17. The molecule has 3 rings (SSSR count). The molecule has 1 aromatic heterocycles. The Labute approximate surface area is 129 Å². The SMILES string of the molecule is N#Cc1cccc(N2CCC(Nc3ccccc3F)CC2)n1. The summed E-state index contributed by atoms with van der Waals surface area (Å²) in [7, 11) is 0. The molecule has 22 heavy (non-hydrogen) atoms. The van der Waals surface area contributed by atoms with Crippen molar-refractivity contribution >= 4 is 11.5 Å². The molecule has 0 amide bonds. The van der Waals surface area contributed by atoms with E-state index in [1.807, 2.05) is 18.2 Å². The van der Waals surface area contributed by atoms with Crippen molar-refractivity contribution in [3.63, 3.8) is 0 Å². The largest absolute Gasteiger partial charge is 0.380 e. The van der Waals surface area contributed by atoms with E-state index in [-0.39, 0.29) is 11.9 Å². The number of aromatic nitrogens is 1. The molecular weight excluding hydrogens is 279 g/mol. The zero-order valence-corrected chi connectivity index (χ0v) is 12.2. The van der Waals surface area contributed by atoms with Crippen molar-refractivity contribution in [1.29, 1.82) is 5.26 Å². The number of nitrogens with zero attached hydrogens (tertiary/aromatic N) is 3. The van der Waals surface area contributed by atoms with Gasteiger partial charge in [0.15, 0.2) is 0 Å². The molecule has 4 nitrogen and oxygen atoms in total. The van der Waals surface area contributed by atoms with Gasteiger partial charge in [0.1, 0.15) is 23.4 Å². The van der Waals surface area contributed by atoms with Crippen molar-refractivity contribution in [2.75, 3.05) is 23.3 Å². The molecule has 0 saturated carbocycles. The molecule has 1 fully saturated rings. The molecule has 1 N–H and O–H groups in total. The second kappa shape index (κ2) is 6.44. The van der Waals surface area contributed by atoms with Crippen LogP contribution in [-0.2, 0) is 0 Å². The van der Waals surface area contributed by atoms with Crippen molar-refractivity contribution < 1.29 is 4.39 Å². The third-order valence-corrected chi connectivity index (χ3v) is 3.90. The first-order chi connectivity index (χ1) is 10.8. The van der Waals surface area contributed by atoms with Crippen LogP contribution >= 0.6 is 0 Å². The van der Waals surface area contributed by atoms with E-state index in [0.29, 0.717) is 11.4 Å². The molecule has 0 spiro atoms. The lowest BCUT2D eigenvalue weighted by molar-refractivity contribution is 0.519. The minimum Gasteiger partial charge on any atom is -0.380 e. The molecule has 2 aromatic rings. The number of halogens is 1. The first-order valence-corrected chi connectivity index (χ1v) is 7.39. The summed E-state index contributed by atoms with van der Waals surface area (Å²) in [5.74, 6) is 0.622. The first kappa shape index (κ1) is 14.3. The molecule has 5 heteroatoms. The number of hydrogen-bond acceptors (Lipinski definition) is 4. The summed E-state index contributed by atoms with van der Waals surface area (Å²) in [6.45, 7) is 1.68. The monoisotopic (exact) mass is 296 g/mol.